The van der Waals surface area contributed by atoms with E-state index in [9.17, 15) is 4.79 Å². The monoisotopic (exact) mass is 445 g/mol. The fraction of sp³-hybridized carbons (Fsp3) is 0.364. The summed E-state index contributed by atoms with van der Waals surface area (Å²) in [6, 6.07) is 15.7. The van der Waals surface area contributed by atoms with E-state index in [1.54, 1.807) is 23.5 Å². The number of hydrogen-bond donors (Lipinski definition) is 2. The zero-order valence-corrected chi connectivity index (χ0v) is 19.7. The molecule has 0 radical (unpaired) electrons. The molecule has 2 rings (SSSR count). The molecule has 6 nitrogen and oxygen atoms in total. The van der Waals surface area contributed by atoms with Gasteiger partial charge in [-0.05, 0) is 36.1 Å². The summed E-state index contributed by atoms with van der Waals surface area (Å²) in [6.45, 7) is 7.08. The van der Waals surface area contributed by atoms with Crippen molar-refractivity contribution in [2.24, 2.45) is 16.7 Å². The van der Waals surface area contributed by atoms with Gasteiger partial charge in [-0.3, -0.25) is 10.0 Å². The van der Waals surface area contributed by atoms with Gasteiger partial charge >= 0.3 is 6.03 Å². The lowest BCUT2D eigenvalue weighted by molar-refractivity contribution is 0.216. The van der Waals surface area contributed by atoms with Crippen molar-refractivity contribution in [2.45, 2.75) is 38.2 Å². The normalized spacial score (nSPS) is 11.6. The SMILES string of the molecule is Cc1cccc(N(N)C(=O)N(C)N)c1CSC(=NCCc1ccccc1)SC(C)C. The second-order valence-corrected chi connectivity index (χ2v) is 9.96. The minimum Gasteiger partial charge on any atom is -0.271 e. The summed E-state index contributed by atoms with van der Waals surface area (Å²) < 4.78 is 1.04. The summed E-state index contributed by atoms with van der Waals surface area (Å²) in [5.74, 6) is 12.3. The van der Waals surface area contributed by atoms with Crippen LogP contribution in [0.4, 0.5) is 10.5 Å². The quantitative estimate of drug-likeness (QED) is 0.214. The number of nitrogens with two attached hydrogens (primary N) is 2. The molecule has 0 spiro atoms. The summed E-state index contributed by atoms with van der Waals surface area (Å²) in [7, 11) is 1.48. The van der Waals surface area contributed by atoms with Gasteiger partial charge in [0.05, 0.1) is 5.69 Å². The largest absolute Gasteiger partial charge is 0.352 e. The Hall–Kier alpha value is -2.00. The van der Waals surface area contributed by atoms with Crippen molar-refractivity contribution in [3.63, 3.8) is 0 Å². The molecule has 162 valence electrons. The number of aryl methyl sites for hydroxylation is 1. The molecular formula is C22H31N5OS2. The van der Waals surface area contributed by atoms with Gasteiger partial charge < -0.3 is 0 Å². The zero-order valence-electron chi connectivity index (χ0n) is 18.0. The first kappa shape index (κ1) is 24.3. The highest BCUT2D eigenvalue weighted by atomic mass is 32.2. The summed E-state index contributed by atoms with van der Waals surface area (Å²) in [5.41, 5.74) is 4.01. The molecule has 0 aliphatic carbocycles. The molecular weight excluding hydrogens is 414 g/mol. The number of carbonyl (C=O) groups is 1. The second kappa shape index (κ2) is 12.0. The molecule has 0 heterocycles. The number of benzene rings is 2. The smallest absolute Gasteiger partial charge is 0.271 e. The lowest BCUT2D eigenvalue weighted by Gasteiger charge is -2.24. The highest BCUT2D eigenvalue weighted by molar-refractivity contribution is 8.38. The van der Waals surface area contributed by atoms with Crippen LogP contribution in [0.15, 0.2) is 53.5 Å². The maximum absolute atomic E-state index is 12.2. The third kappa shape index (κ3) is 7.36. The minimum atomic E-state index is -0.472. The van der Waals surface area contributed by atoms with Gasteiger partial charge in [-0.1, -0.05) is 79.8 Å². The topological polar surface area (TPSA) is 88.0 Å². The molecule has 0 aliphatic heterocycles. The van der Waals surface area contributed by atoms with Crippen LogP contribution in [0.5, 0.6) is 0 Å². The molecule has 0 aromatic heterocycles. The Kier molecular flexibility index (Phi) is 9.71. The minimum absolute atomic E-state index is 0.433. The Morgan fingerprint density at radius 2 is 1.80 bits per heavy atom. The maximum atomic E-state index is 12.2. The van der Waals surface area contributed by atoms with Crippen molar-refractivity contribution in [3.8, 4) is 0 Å². The maximum Gasteiger partial charge on any atom is 0.352 e. The number of nitrogens with zero attached hydrogens (tertiary/aromatic N) is 3. The van der Waals surface area contributed by atoms with Crippen molar-refractivity contribution in [3.05, 3.63) is 65.2 Å². The molecule has 0 saturated carbocycles. The predicted octanol–water partition coefficient (Wildman–Crippen LogP) is 4.57. The van der Waals surface area contributed by atoms with Crippen LogP contribution in [0.3, 0.4) is 0 Å². The average Bonchev–Trinajstić information content (AvgIpc) is 2.71. The number of rotatable bonds is 7. The third-order valence-corrected chi connectivity index (χ3v) is 6.57. The Morgan fingerprint density at radius 3 is 2.43 bits per heavy atom. The molecule has 4 N–H and O–H groups in total. The molecule has 0 unspecified atom stereocenters. The van der Waals surface area contributed by atoms with E-state index in [0.717, 1.165) is 38.5 Å². The lowest BCUT2D eigenvalue weighted by Crippen LogP contribution is -2.49. The average molecular weight is 446 g/mol. The van der Waals surface area contributed by atoms with Crippen molar-refractivity contribution >= 4 is 39.6 Å². The molecule has 0 atom stereocenters. The fourth-order valence-corrected chi connectivity index (χ4v) is 5.17. The van der Waals surface area contributed by atoms with Gasteiger partial charge in [0.1, 0.15) is 4.38 Å². The van der Waals surface area contributed by atoms with Gasteiger partial charge in [-0.15, -0.1) is 0 Å². The molecule has 30 heavy (non-hydrogen) atoms. The van der Waals surface area contributed by atoms with E-state index >= 15 is 0 Å². The van der Waals surface area contributed by atoms with Crippen molar-refractivity contribution in [2.75, 3.05) is 18.6 Å². The fourth-order valence-electron chi connectivity index (χ4n) is 2.75. The molecule has 2 amide bonds. The summed E-state index contributed by atoms with van der Waals surface area (Å²) in [5, 5.41) is 2.51. The van der Waals surface area contributed by atoms with Crippen molar-refractivity contribution < 1.29 is 4.79 Å². The van der Waals surface area contributed by atoms with E-state index in [1.165, 1.54) is 12.6 Å². The zero-order chi connectivity index (χ0) is 22.1. The number of hydrazine groups is 2. The van der Waals surface area contributed by atoms with Crippen LogP contribution in [0.25, 0.3) is 0 Å². The highest BCUT2D eigenvalue weighted by Crippen LogP contribution is 2.31. The third-order valence-electron chi connectivity index (χ3n) is 4.31. The van der Waals surface area contributed by atoms with Crippen molar-refractivity contribution in [1.82, 2.24) is 5.01 Å². The van der Waals surface area contributed by atoms with Crippen LogP contribution >= 0.6 is 23.5 Å². The number of hydrogen-bond acceptors (Lipinski definition) is 6. The molecule has 2 aromatic carbocycles. The molecule has 0 fully saturated rings. The van der Waals surface area contributed by atoms with Gasteiger partial charge in [0, 0.05) is 24.6 Å². The number of amides is 2. The molecule has 0 saturated heterocycles. The van der Waals surface area contributed by atoms with Crippen LogP contribution in [-0.2, 0) is 12.2 Å². The summed E-state index contributed by atoms with van der Waals surface area (Å²) in [4.78, 5) is 17.1. The number of urea groups is 1. The van der Waals surface area contributed by atoms with E-state index in [4.69, 9.17) is 16.7 Å². The van der Waals surface area contributed by atoms with Crippen LogP contribution in [0.1, 0.15) is 30.5 Å². The Morgan fingerprint density at radius 1 is 1.10 bits per heavy atom. The first-order valence-corrected chi connectivity index (χ1v) is 11.7. The van der Waals surface area contributed by atoms with Gasteiger partial charge in [-0.2, -0.15) is 0 Å². The molecule has 0 bridgehead atoms. The Balaban J connectivity index is 2.14. The molecule has 0 aliphatic rings. The van der Waals surface area contributed by atoms with Crippen LogP contribution in [0.2, 0.25) is 0 Å². The Labute approximate surface area is 188 Å². The van der Waals surface area contributed by atoms with Crippen LogP contribution in [0, 0.1) is 6.92 Å². The first-order chi connectivity index (χ1) is 14.3. The van der Waals surface area contributed by atoms with E-state index in [1.807, 2.05) is 31.2 Å². The highest BCUT2D eigenvalue weighted by Gasteiger charge is 2.19. The summed E-state index contributed by atoms with van der Waals surface area (Å²) in [6.07, 6.45) is 0.910. The standard InChI is InChI=1S/C22H31N5OS2/c1-16(2)30-21(25-14-13-18-10-6-5-7-11-18)29-15-19-17(3)9-8-12-20(19)27(24)22(28)26(4)23/h5-12,16H,13-15,23-24H2,1-4H3. The van der Waals surface area contributed by atoms with Gasteiger partial charge in [0.25, 0.3) is 0 Å². The van der Waals surface area contributed by atoms with Gasteiger partial charge in [0.15, 0.2) is 0 Å². The lowest BCUT2D eigenvalue weighted by atomic mass is 10.1. The number of aliphatic imine (C=N–C) groups is 1. The Bertz CT molecular complexity index is 856. The van der Waals surface area contributed by atoms with Gasteiger partial charge in [-0.25, -0.2) is 21.5 Å². The van der Waals surface area contributed by atoms with E-state index in [-0.39, 0.29) is 0 Å². The number of thioether (sulfide) groups is 2. The summed E-state index contributed by atoms with van der Waals surface area (Å²) >= 11 is 3.44. The van der Waals surface area contributed by atoms with Crippen LogP contribution < -0.4 is 16.7 Å². The number of anilines is 1. The number of carbonyl (C=O) groups excluding carboxylic acids is 1. The predicted molar refractivity (Wildman–Crippen MR) is 132 cm³/mol. The van der Waals surface area contributed by atoms with Gasteiger partial charge in [0.2, 0.25) is 0 Å². The van der Waals surface area contributed by atoms with Crippen molar-refractivity contribution in [1.29, 1.82) is 0 Å². The second-order valence-electron chi connectivity index (χ2n) is 7.17. The molecule has 8 heteroatoms. The molecule has 2 aromatic rings. The first-order valence-electron chi connectivity index (χ1n) is 9.83. The van der Waals surface area contributed by atoms with E-state index in [0.29, 0.717) is 16.7 Å². The van der Waals surface area contributed by atoms with E-state index < -0.39 is 6.03 Å². The van der Waals surface area contributed by atoms with E-state index in [2.05, 4.69) is 38.1 Å². The van der Waals surface area contributed by atoms with Crippen LogP contribution in [-0.4, -0.2) is 34.3 Å².